The van der Waals surface area contributed by atoms with Crippen molar-refractivity contribution in [2.24, 2.45) is 0 Å². The molecule has 10 rings (SSSR count). The van der Waals surface area contributed by atoms with Gasteiger partial charge in [-0.2, -0.15) is 0 Å². The molecular formula is C44H27NOS. The van der Waals surface area contributed by atoms with Crippen LogP contribution in [0.25, 0.3) is 74.8 Å². The summed E-state index contributed by atoms with van der Waals surface area (Å²) in [5, 5.41) is 9.65. The van der Waals surface area contributed by atoms with Gasteiger partial charge in [-0.25, -0.2) is 0 Å². The zero-order valence-corrected chi connectivity index (χ0v) is 26.2. The Morgan fingerprint density at radius 1 is 0.447 bits per heavy atom. The summed E-state index contributed by atoms with van der Waals surface area (Å²) >= 11 is 1.85. The van der Waals surface area contributed by atoms with Crippen LogP contribution in [-0.4, -0.2) is 0 Å². The van der Waals surface area contributed by atoms with Gasteiger partial charge in [0.25, 0.3) is 0 Å². The fourth-order valence-corrected chi connectivity index (χ4v) is 8.41. The lowest BCUT2D eigenvalue weighted by molar-refractivity contribution is 0.672. The van der Waals surface area contributed by atoms with Crippen LogP contribution in [0.4, 0.5) is 17.1 Å². The summed E-state index contributed by atoms with van der Waals surface area (Å²) in [7, 11) is 0. The largest absolute Gasteiger partial charge is 0.455 e. The maximum Gasteiger partial charge on any atom is 0.143 e. The van der Waals surface area contributed by atoms with E-state index in [0.717, 1.165) is 44.4 Å². The molecule has 2 heterocycles. The lowest BCUT2D eigenvalue weighted by Crippen LogP contribution is -2.10. The first kappa shape index (κ1) is 26.3. The Morgan fingerprint density at radius 3 is 1.98 bits per heavy atom. The van der Waals surface area contributed by atoms with E-state index in [1.807, 2.05) is 11.3 Å². The first-order chi connectivity index (χ1) is 23.3. The van der Waals surface area contributed by atoms with E-state index < -0.39 is 0 Å². The monoisotopic (exact) mass is 617 g/mol. The SMILES string of the molecule is c1ccc2c(-c3ccc(N(c4ccc5c(c4)sc4ccccc45)c4cccc5oc6c7ccccc7ccc6c45)cc3)cccc2c1. The Labute approximate surface area is 275 Å². The third kappa shape index (κ3) is 4.10. The van der Waals surface area contributed by atoms with Crippen molar-refractivity contribution in [3.05, 3.63) is 164 Å². The molecule has 0 N–H and O–H groups in total. The van der Waals surface area contributed by atoms with Crippen LogP contribution in [-0.2, 0) is 0 Å². The molecule has 47 heavy (non-hydrogen) atoms. The molecule has 0 unspecified atom stereocenters. The first-order valence-electron chi connectivity index (χ1n) is 15.9. The smallest absolute Gasteiger partial charge is 0.143 e. The zero-order chi connectivity index (χ0) is 30.9. The fourth-order valence-electron chi connectivity index (χ4n) is 7.27. The van der Waals surface area contributed by atoms with Gasteiger partial charge in [-0.15, -0.1) is 11.3 Å². The summed E-state index contributed by atoms with van der Waals surface area (Å²) < 4.78 is 9.21. The number of fused-ring (bicyclic) bond motifs is 9. The minimum atomic E-state index is 0.883. The molecule has 2 aromatic heterocycles. The van der Waals surface area contributed by atoms with Crippen LogP contribution in [0.1, 0.15) is 0 Å². The second-order valence-corrected chi connectivity index (χ2v) is 13.2. The van der Waals surface area contributed by atoms with Crippen molar-refractivity contribution < 1.29 is 4.42 Å². The average molecular weight is 618 g/mol. The third-order valence-corrected chi connectivity index (χ3v) is 10.6. The molecule has 0 fully saturated rings. The minimum Gasteiger partial charge on any atom is -0.455 e. The lowest BCUT2D eigenvalue weighted by Gasteiger charge is -2.26. The van der Waals surface area contributed by atoms with Gasteiger partial charge in [0.15, 0.2) is 0 Å². The van der Waals surface area contributed by atoms with Crippen LogP contribution in [0.15, 0.2) is 168 Å². The molecule has 0 atom stereocenters. The summed E-state index contributed by atoms with van der Waals surface area (Å²) in [5.74, 6) is 0. The molecule has 0 spiro atoms. The first-order valence-corrected chi connectivity index (χ1v) is 16.7. The molecule has 0 aliphatic heterocycles. The van der Waals surface area contributed by atoms with Gasteiger partial charge < -0.3 is 9.32 Å². The van der Waals surface area contributed by atoms with Gasteiger partial charge in [-0.1, -0.05) is 115 Å². The van der Waals surface area contributed by atoms with Gasteiger partial charge in [0.05, 0.1) is 11.1 Å². The van der Waals surface area contributed by atoms with Gasteiger partial charge in [0.2, 0.25) is 0 Å². The molecule has 0 aliphatic rings. The van der Waals surface area contributed by atoms with Crippen molar-refractivity contribution in [3.8, 4) is 11.1 Å². The predicted molar refractivity (Wildman–Crippen MR) is 202 cm³/mol. The average Bonchev–Trinajstić information content (AvgIpc) is 3.71. The molecule has 0 bridgehead atoms. The molecular weight excluding hydrogens is 591 g/mol. The van der Waals surface area contributed by atoms with E-state index in [0.29, 0.717) is 0 Å². The van der Waals surface area contributed by atoms with Crippen molar-refractivity contribution in [2.75, 3.05) is 4.90 Å². The highest BCUT2D eigenvalue weighted by Crippen LogP contribution is 2.46. The highest BCUT2D eigenvalue weighted by Gasteiger charge is 2.21. The van der Waals surface area contributed by atoms with Crippen LogP contribution in [0.5, 0.6) is 0 Å². The van der Waals surface area contributed by atoms with E-state index in [9.17, 15) is 0 Å². The zero-order valence-electron chi connectivity index (χ0n) is 25.4. The van der Waals surface area contributed by atoms with Gasteiger partial charge >= 0.3 is 0 Å². The number of rotatable bonds is 4. The van der Waals surface area contributed by atoms with Crippen LogP contribution in [0.3, 0.4) is 0 Å². The number of furan rings is 1. The highest BCUT2D eigenvalue weighted by atomic mass is 32.1. The van der Waals surface area contributed by atoms with Crippen LogP contribution >= 0.6 is 11.3 Å². The normalized spacial score (nSPS) is 11.8. The number of hydrogen-bond acceptors (Lipinski definition) is 3. The standard InChI is InChI=1S/C44H27NOS/c1-3-12-33-28(9-1)11-7-15-34(33)30-19-22-31(23-20-30)45(32-24-26-37-36-14-5-6-18-41(36)47-42(37)27-32)39-16-8-17-40-43(39)38-25-21-29-10-2-4-13-35(29)44(38)46-40/h1-27H. The lowest BCUT2D eigenvalue weighted by atomic mass is 9.98. The molecule has 3 heteroatoms. The summed E-state index contributed by atoms with van der Waals surface area (Å²) in [6, 6.07) is 59.0. The number of thiophene rings is 1. The van der Waals surface area contributed by atoms with Crippen molar-refractivity contribution in [3.63, 3.8) is 0 Å². The molecule has 0 saturated carbocycles. The molecule has 8 aromatic carbocycles. The van der Waals surface area contributed by atoms with Crippen molar-refractivity contribution in [2.45, 2.75) is 0 Å². The van der Waals surface area contributed by atoms with E-state index in [1.165, 1.54) is 47.5 Å². The Kier molecular flexibility index (Phi) is 5.78. The second kappa shape index (κ2) is 10.3. The highest BCUT2D eigenvalue weighted by molar-refractivity contribution is 7.25. The maximum absolute atomic E-state index is 6.63. The second-order valence-electron chi connectivity index (χ2n) is 12.1. The van der Waals surface area contributed by atoms with E-state index in [1.54, 1.807) is 0 Å². The Hall–Kier alpha value is -5.90. The topological polar surface area (TPSA) is 16.4 Å². The fraction of sp³-hybridized carbons (Fsp3) is 0. The quantitative estimate of drug-likeness (QED) is 0.195. The molecule has 220 valence electrons. The number of benzene rings is 8. The predicted octanol–water partition coefficient (Wildman–Crippen LogP) is 13.4. The molecule has 0 radical (unpaired) electrons. The maximum atomic E-state index is 6.63. The minimum absolute atomic E-state index is 0.883. The van der Waals surface area contributed by atoms with E-state index in [4.69, 9.17) is 4.42 Å². The third-order valence-electron chi connectivity index (χ3n) is 9.45. The van der Waals surface area contributed by atoms with Crippen molar-refractivity contribution in [1.82, 2.24) is 0 Å². The molecule has 2 nitrogen and oxygen atoms in total. The molecule has 0 aliphatic carbocycles. The van der Waals surface area contributed by atoms with Gasteiger partial charge in [-0.3, -0.25) is 0 Å². The van der Waals surface area contributed by atoms with Crippen LogP contribution in [0, 0.1) is 0 Å². The van der Waals surface area contributed by atoms with Crippen LogP contribution in [0.2, 0.25) is 0 Å². The van der Waals surface area contributed by atoms with Crippen molar-refractivity contribution >= 4 is 92.1 Å². The van der Waals surface area contributed by atoms with Crippen LogP contribution < -0.4 is 4.90 Å². The van der Waals surface area contributed by atoms with Gasteiger partial charge in [0.1, 0.15) is 11.2 Å². The Morgan fingerprint density at radius 2 is 1.11 bits per heavy atom. The molecule has 0 saturated heterocycles. The van der Waals surface area contributed by atoms with E-state index in [-0.39, 0.29) is 0 Å². The van der Waals surface area contributed by atoms with E-state index >= 15 is 0 Å². The summed E-state index contributed by atoms with van der Waals surface area (Å²) in [6.07, 6.45) is 0. The van der Waals surface area contributed by atoms with Gasteiger partial charge in [0, 0.05) is 42.3 Å². The summed E-state index contributed by atoms with van der Waals surface area (Å²) in [4.78, 5) is 2.39. The molecule has 0 amide bonds. The summed E-state index contributed by atoms with van der Waals surface area (Å²) in [6.45, 7) is 0. The number of nitrogens with zero attached hydrogens (tertiary/aromatic N) is 1. The number of anilines is 3. The van der Waals surface area contributed by atoms with E-state index in [2.05, 4.69) is 169 Å². The van der Waals surface area contributed by atoms with Gasteiger partial charge in [-0.05, 0) is 75.8 Å². The van der Waals surface area contributed by atoms with Crippen molar-refractivity contribution in [1.29, 1.82) is 0 Å². The summed E-state index contributed by atoms with van der Waals surface area (Å²) in [5.41, 5.74) is 7.55. The Bertz CT molecular complexity index is 2800. The Balaban J connectivity index is 1.21. The number of hydrogen-bond donors (Lipinski definition) is 0. The molecule has 10 aromatic rings.